The van der Waals surface area contributed by atoms with E-state index < -0.39 is 16.0 Å². The molecular formula is C12H11N3O4S. The lowest BCUT2D eigenvalue weighted by Crippen LogP contribution is -2.17. The summed E-state index contributed by atoms with van der Waals surface area (Å²) in [5.74, 6) is -1.37. The number of nitrogen functional groups attached to an aromatic ring is 1. The molecule has 0 amide bonds. The van der Waals surface area contributed by atoms with E-state index in [0.717, 1.165) is 12.1 Å². The predicted molar refractivity (Wildman–Crippen MR) is 72.9 cm³/mol. The smallest absolute Gasteiger partial charge is 0.337 e. The summed E-state index contributed by atoms with van der Waals surface area (Å²) in [6, 6.07) is 6.49. The van der Waals surface area contributed by atoms with Gasteiger partial charge in [0.2, 0.25) is 0 Å². The topological polar surface area (TPSA) is 122 Å². The number of aromatic carboxylic acids is 1. The fourth-order valence-electron chi connectivity index (χ4n) is 1.58. The highest BCUT2D eigenvalue weighted by atomic mass is 32.2. The van der Waals surface area contributed by atoms with Crippen molar-refractivity contribution in [3.8, 4) is 0 Å². The Morgan fingerprint density at radius 1 is 1.20 bits per heavy atom. The van der Waals surface area contributed by atoms with Crippen molar-refractivity contribution in [2.24, 2.45) is 0 Å². The standard InChI is InChI=1S/C12H11N3O4S/c13-8-1-2-11(10(7-8)12(16)17)20(18,19)15-9-3-5-14-6-4-9/h1-7H,13H2,(H,14,15)(H,16,17). The van der Waals surface area contributed by atoms with Gasteiger partial charge >= 0.3 is 5.97 Å². The second kappa shape index (κ2) is 5.17. The normalized spacial score (nSPS) is 11.0. The number of nitrogens with one attached hydrogen (secondary N) is 1. The van der Waals surface area contributed by atoms with Gasteiger partial charge in [0.15, 0.2) is 0 Å². The highest BCUT2D eigenvalue weighted by Crippen LogP contribution is 2.21. The lowest BCUT2D eigenvalue weighted by atomic mass is 10.2. The second-order valence-electron chi connectivity index (χ2n) is 3.90. The molecule has 8 heteroatoms. The van der Waals surface area contributed by atoms with Gasteiger partial charge in [0.25, 0.3) is 10.0 Å². The van der Waals surface area contributed by atoms with Crippen molar-refractivity contribution in [1.29, 1.82) is 0 Å². The van der Waals surface area contributed by atoms with E-state index in [4.69, 9.17) is 10.8 Å². The number of hydrogen-bond donors (Lipinski definition) is 3. The summed E-state index contributed by atoms with van der Waals surface area (Å²) in [6.07, 6.45) is 2.83. The number of benzene rings is 1. The van der Waals surface area contributed by atoms with E-state index in [2.05, 4.69) is 9.71 Å². The highest BCUT2D eigenvalue weighted by Gasteiger charge is 2.22. The zero-order valence-electron chi connectivity index (χ0n) is 10.1. The van der Waals surface area contributed by atoms with Crippen LogP contribution in [0.15, 0.2) is 47.6 Å². The van der Waals surface area contributed by atoms with Crippen molar-refractivity contribution in [2.75, 3.05) is 10.5 Å². The maximum absolute atomic E-state index is 12.2. The van der Waals surface area contributed by atoms with Gasteiger partial charge in [-0.15, -0.1) is 0 Å². The van der Waals surface area contributed by atoms with Crippen molar-refractivity contribution in [3.63, 3.8) is 0 Å². The quantitative estimate of drug-likeness (QED) is 0.727. The van der Waals surface area contributed by atoms with Crippen molar-refractivity contribution in [1.82, 2.24) is 4.98 Å². The number of aromatic nitrogens is 1. The van der Waals surface area contributed by atoms with Crippen LogP contribution < -0.4 is 10.5 Å². The number of pyridine rings is 1. The first kappa shape index (κ1) is 13.8. The molecule has 1 heterocycles. The van der Waals surface area contributed by atoms with Crippen LogP contribution in [0.4, 0.5) is 11.4 Å². The van der Waals surface area contributed by atoms with Crippen LogP contribution in [0.5, 0.6) is 0 Å². The van der Waals surface area contributed by atoms with Crippen molar-refractivity contribution in [2.45, 2.75) is 4.90 Å². The Bertz CT molecular complexity index is 745. The number of nitrogens with two attached hydrogens (primary N) is 1. The van der Waals surface area contributed by atoms with Gasteiger partial charge in [-0.2, -0.15) is 0 Å². The summed E-state index contributed by atoms with van der Waals surface area (Å²) in [7, 11) is -4.02. The van der Waals surface area contributed by atoms with Gasteiger partial charge in [-0.1, -0.05) is 0 Å². The van der Waals surface area contributed by atoms with Gasteiger partial charge in [0, 0.05) is 18.1 Å². The fourth-order valence-corrected chi connectivity index (χ4v) is 2.82. The Balaban J connectivity index is 2.47. The van der Waals surface area contributed by atoms with E-state index in [1.165, 1.54) is 30.6 Å². The molecule has 7 nitrogen and oxygen atoms in total. The van der Waals surface area contributed by atoms with Crippen LogP contribution in [0.3, 0.4) is 0 Å². The number of carbonyl (C=O) groups is 1. The zero-order valence-corrected chi connectivity index (χ0v) is 11.0. The Hall–Kier alpha value is -2.61. The first-order valence-electron chi connectivity index (χ1n) is 5.46. The number of rotatable bonds is 4. The van der Waals surface area contributed by atoms with E-state index >= 15 is 0 Å². The molecule has 0 spiro atoms. The van der Waals surface area contributed by atoms with Gasteiger partial charge in [0.1, 0.15) is 4.90 Å². The number of hydrogen-bond acceptors (Lipinski definition) is 5. The van der Waals surface area contributed by atoms with E-state index in [1.54, 1.807) is 0 Å². The Morgan fingerprint density at radius 3 is 2.45 bits per heavy atom. The van der Waals surface area contributed by atoms with Crippen LogP contribution in [0, 0.1) is 0 Å². The molecular weight excluding hydrogens is 282 g/mol. The van der Waals surface area contributed by atoms with Crippen LogP contribution in [0.25, 0.3) is 0 Å². The third kappa shape index (κ3) is 2.86. The number of sulfonamides is 1. The number of nitrogens with zero attached hydrogens (tertiary/aromatic N) is 1. The van der Waals surface area contributed by atoms with Gasteiger partial charge < -0.3 is 10.8 Å². The largest absolute Gasteiger partial charge is 0.478 e. The molecule has 0 aliphatic rings. The minimum atomic E-state index is -4.02. The first-order chi connectivity index (χ1) is 9.40. The molecule has 0 saturated carbocycles. The third-order valence-electron chi connectivity index (χ3n) is 2.46. The summed E-state index contributed by atoms with van der Waals surface area (Å²) >= 11 is 0. The molecule has 0 unspecified atom stereocenters. The lowest BCUT2D eigenvalue weighted by Gasteiger charge is -2.10. The summed E-state index contributed by atoms with van der Waals surface area (Å²) < 4.78 is 26.7. The fraction of sp³-hybridized carbons (Fsp3) is 0. The molecule has 4 N–H and O–H groups in total. The highest BCUT2D eigenvalue weighted by molar-refractivity contribution is 7.92. The maximum Gasteiger partial charge on any atom is 0.337 e. The molecule has 0 bridgehead atoms. The molecule has 104 valence electrons. The lowest BCUT2D eigenvalue weighted by molar-refractivity contribution is 0.0692. The first-order valence-corrected chi connectivity index (χ1v) is 6.94. The monoisotopic (exact) mass is 293 g/mol. The van der Waals surface area contributed by atoms with Crippen molar-refractivity contribution < 1.29 is 18.3 Å². The minimum absolute atomic E-state index is 0.172. The number of anilines is 2. The molecule has 0 saturated heterocycles. The van der Waals surface area contributed by atoms with Crippen molar-refractivity contribution >= 4 is 27.4 Å². The molecule has 0 atom stereocenters. The number of carboxylic acid groups (broad SMARTS) is 1. The molecule has 0 aliphatic carbocycles. The number of carboxylic acids is 1. The molecule has 2 rings (SSSR count). The van der Waals surface area contributed by atoms with Crippen molar-refractivity contribution in [3.05, 3.63) is 48.3 Å². The average Bonchev–Trinajstić information content (AvgIpc) is 2.38. The molecule has 20 heavy (non-hydrogen) atoms. The third-order valence-corrected chi connectivity index (χ3v) is 3.90. The van der Waals surface area contributed by atoms with Crippen LogP contribution in [-0.2, 0) is 10.0 Å². The van der Waals surface area contributed by atoms with Gasteiger partial charge in [-0.05, 0) is 30.3 Å². The Kier molecular flexibility index (Phi) is 3.57. The summed E-state index contributed by atoms with van der Waals surface area (Å²) in [5, 5.41) is 9.06. The molecule has 2 aromatic rings. The van der Waals surface area contributed by atoms with Crippen LogP contribution in [-0.4, -0.2) is 24.5 Å². The maximum atomic E-state index is 12.2. The average molecular weight is 293 g/mol. The summed E-state index contributed by atoms with van der Waals surface area (Å²) in [6.45, 7) is 0. The van der Waals surface area contributed by atoms with E-state index in [0.29, 0.717) is 0 Å². The minimum Gasteiger partial charge on any atom is -0.478 e. The molecule has 0 aliphatic heterocycles. The SMILES string of the molecule is Nc1ccc(S(=O)(=O)Nc2ccncc2)c(C(=O)O)c1. The van der Waals surface area contributed by atoms with Crippen LogP contribution in [0.1, 0.15) is 10.4 Å². The Morgan fingerprint density at radius 2 is 1.85 bits per heavy atom. The van der Waals surface area contributed by atoms with E-state index in [-0.39, 0.29) is 21.8 Å². The molecule has 0 radical (unpaired) electrons. The van der Waals surface area contributed by atoms with Gasteiger partial charge in [0.05, 0.1) is 11.3 Å². The van der Waals surface area contributed by atoms with E-state index in [1.807, 2.05) is 0 Å². The molecule has 1 aromatic carbocycles. The summed E-state index contributed by atoms with van der Waals surface area (Å²) in [5.41, 5.74) is 5.55. The summed E-state index contributed by atoms with van der Waals surface area (Å²) in [4.78, 5) is 14.5. The van der Waals surface area contributed by atoms with Crippen LogP contribution >= 0.6 is 0 Å². The van der Waals surface area contributed by atoms with E-state index in [9.17, 15) is 13.2 Å². The molecule has 0 fully saturated rings. The predicted octanol–water partition coefficient (Wildman–Crippen LogP) is 1.16. The van der Waals surface area contributed by atoms with Crippen LogP contribution in [0.2, 0.25) is 0 Å². The second-order valence-corrected chi connectivity index (χ2v) is 5.55. The Labute approximate surface area is 115 Å². The molecule has 1 aromatic heterocycles. The zero-order chi connectivity index (χ0) is 14.8. The van der Waals surface area contributed by atoms with Gasteiger partial charge in [-0.25, -0.2) is 13.2 Å². The van der Waals surface area contributed by atoms with Gasteiger partial charge in [-0.3, -0.25) is 9.71 Å².